The SMILES string of the molecule is CSc1cccc(OCC(C)(C)N(C)C)c1CN. The van der Waals surface area contributed by atoms with Crippen LogP contribution in [0.5, 0.6) is 5.75 Å². The summed E-state index contributed by atoms with van der Waals surface area (Å²) in [6, 6.07) is 6.09. The fraction of sp³-hybridized carbons (Fsp3) is 0.571. The van der Waals surface area contributed by atoms with Gasteiger partial charge in [-0.05, 0) is 46.3 Å². The van der Waals surface area contributed by atoms with Gasteiger partial charge >= 0.3 is 0 Å². The predicted octanol–water partition coefficient (Wildman–Crippen LogP) is 2.59. The van der Waals surface area contributed by atoms with Crippen LogP contribution in [0.2, 0.25) is 0 Å². The zero-order chi connectivity index (χ0) is 13.8. The van der Waals surface area contributed by atoms with Crippen LogP contribution >= 0.6 is 11.8 Å². The average Bonchev–Trinajstić information content (AvgIpc) is 2.35. The minimum absolute atomic E-state index is 0.00122. The van der Waals surface area contributed by atoms with Crippen LogP contribution in [-0.4, -0.2) is 37.4 Å². The molecule has 0 atom stereocenters. The molecular formula is C14H24N2OS. The number of nitrogens with zero attached hydrogens (tertiary/aromatic N) is 1. The summed E-state index contributed by atoms with van der Waals surface area (Å²) < 4.78 is 5.96. The Morgan fingerprint density at radius 3 is 2.50 bits per heavy atom. The summed E-state index contributed by atoms with van der Waals surface area (Å²) in [6.07, 6.45) is 2.06. The van der Waals surface area contributed by atoms with Gasteiger partial charge in [0.25, 0.3) is 0 Å². The van der Waals surface area contributed by atoms with Crippen molar-refractivity contribution in [2.45, 2.75) is 30.8 Å². The van der Waals surface area contributed by atoms with Gasteiger partial charge in [-0.25, -0.2) is 0 Å². The van der Waals surface area contributed by atoms with Crippen LogP contribution in [0.25, 0.3) is 0 Å². The highest BCUT2D eigenvalue weighted by Crippen LogP contribution is 2.29. The summed E-state index contributed by atoms with van der Waals surface area (Å²) in [5.41, 5.74) is 6.92. The van der Waals surface area contributed by atoms with Crippen molar-refractivity contribution in [2.75, 3.05) is 27.0 Å². The Morgan fingerprint density at radius 2 is 2.00 bits per heavy atom. The second-order valence-corrected chi connectivity index (χ2v) is 5.98. The number of hydrogen-bond acceptors (Lipinski definition) is 4. The number of ether oxygens (including phenoxy) is 1. The predicted molar refractivity (Wildman–Crippen MR) is 79.4 cm³/mol. The number of hydrogen-bond donors (Lipinski definition) is 1. The van der Waals surface area contributed by atoms with Gasteiger partial charge < -0.3 is 15.4 Å². The normalized spacial score (nSPS) is 11.9. The summed E-state index contributed by atoms with van der Waals surface area (Å²) in [5.74, 6) is 0.902. The van der Waals surface area contributed by atoms with Crippen molar-refractivity contribution < 1.29 is 4.74 Å². The Morgan fingerprint density at radius 1 is 1.33 bits per heavy atom. The number of thioether (sulfide) groups is 1. The van der Waals surface area contributed by atoms with Gasteiger partial charge in [0.1, 0.15) is 12.4 Å². The Kier molecular flexibility index (Phi) is 5.50. The van der Waals surface area contributed by atoms with Gasteiger partial charge in [-0.3, -0.25) is 0 Å². The molecule has 2 N–H and O–H groups in total. The van der Waals surface area contributed by atoms with Crippen LogP contribution in [0.1, 0.15) is 19.4 Å². The first-order chi connectivity index (χ1) is 8.42. The molecule has 0 saturated carbocycles. The molecule has 0 aliphatic rings. The summed E-state index contributed by atoms with van der Waals surface area (Å²) in [7, 11) is 4.12. The maximum absolute atomic E-state index is 5.96. The molecular weight excluding hydrogens is 244 g/mol. The molecule has 0 radical (unpaired) electrons. The third kappa shape index (κ3) is 3.64. The monoisotopic (exact) mass is 268 g/mol. The third-order valence-electron chi connectivity index (χ3n) is 3.31. The van der Waals surface area contributed by atoms with Crippen molar-refractivity contribution >= 4 is 11.8 Å². The molecule has 1 rings (SSSR count). The van der Waals surface area contributed by atoms with Crippen molar-refractivity contribution in [3.8, 4) is 5.75 Å². The van der Waals surface area contributed by atoms with E-state index in [0.29, 0.717) is 13.2 Å². The highest BCUT2D eigenvalue weighted by Gasteiger charge is 2.22. The Bertz CT molecular complexity index is 391. The van der Waals surface area contributed by atoms with E-state index in [2.05, 4.69) is 45.2 Å². The van der Waals surface area contributed by atoms with Gasteiger partial charge in [0.2, 0.25) is 0 Å². The maximum atomic E-state index is 5.96. The number of benzene rings is 1. The van der Waals surface area contributed by atoms with Crippen molar-refractivity contribution in [3.63, 3.8) is 0 Å². The van der Waals surface area contributed by atoms with Crippen LogP contribution in [0.4, 0.5) is 0 Å². The van der Waals surface area contributed by atoms with Crippen molar-refractivity contribution in [1.82, 2.24) is 4.90 Å². The molecule has 0 spiro atoms. The molecule has 0 aliphatic heterocycles. The lowest BCUT2D eigenvalue weighted by Crippen LogP contribution is -2.43. The molecule has 0 unspecified atom stereocenters. The van der Waals surface area contributed by atoms with Crippen molar-refractivity contribution in [2.24, 2.45) is 5.73 Å². The third-order valence-corrected chi connectivity index (χ3v) is 4.13. The smallest absolute Gasteiger partial charge is 0.124 e. The Hall–Kier alpha value is -0.710. The number of rotatable bonds is 6. The molecule has 18 heavy (non-hydrogen) atoms. The first-order valence-corrected chi connectivity index (χ1v) is 7.31. The molecule has 102 valence electrons. The van der Waals surface area contributed by atoms with Gasteiger partial charge in [-0.1, -0.05) is 6.07 Å². The molecule has 0 amide bonds. The minimum atomic E-state index is 0.00122. The molecule has 0 bridgehead atoms. The first kappa shape index (κ1) is 15.3. The Balaban J connectivity index is 2.85. The summed E-state index contributed by atoms with van der Waals surface area (Å²) in [6.45, 7) is 5.47. The number of nitrogens with two attached hydrogens (primary N) is 1. The van der Waals surface area contributed by atoms with Crippen LogP contribution in [0.3, 0.4) is 0 Å². The van der Waals surface area contributed by atoms with E-state index in [0.717, 1.165) is 11.3 Å². The molecule has 4 heteroatoms. The van der Waals surface area contributed by atoms with Gasteiger partial charge in [0.15, 0.2) is 0 Å². The van der Waals surface area contributed by atoms with E-state index < -0.39 is 0 Å². The van der Waals surface area contributed by atoms with Crippen molar-refractivity contribution in [1.29, 1.82) is 0 Å². The summed E-state index contributed by atoms with van der Waals surface area (Å²) in [5, 5.41) is 0. The van der Waals surface area contributed by atoms with E-state index in [4.69, 9.17) is 10.5 Å². The van der Waals surface area contributed by atoms with E-state index >= 15 is 0 Å². The van der Waals surface area contributed by atoms with Crippen LogP contribution in [-0.2, 0) is 6.54 Å². The lowest BCUT2D eigenvalue weighted by molar-refractivity contribution is 0.113. The van der Waals surface area contributed by atoms with Gasteiger partial charge in [-0.15, -0.1) is 11.8 Å². The second-order valence-electron chi connectivity index (χ2n) is 5.14. The van der Waals surface area contributed by atoms with Crippen LogP contribution in [0, 0.1) is 0 Å². The molecule has 0 fully saturated rings. The van der Waals surface area contributed by atoms with E-state index in [-0.39, 0.29) is 5.54 Å². The average molecular weight is 268 g/mol. The van der Waals surface area contributed by atoms with E-state index in [9.17, 15) is 0 Å². The molecule has 0 heterocycles. The standard InChI is InChI=1S/C14H24N2OS/c1-14(2,16(3)4)10-17-12-7-6-8-13(18-5)11(12)9-15/h6-8H,9-10,15H2,1-5H3. The molecule has 0 aromatic heterocycles. The van der Waals surface area contributed by atoms with Crippen LogP contribution < -0.4 is 10.5 Å². The second kappa shape index (κ2) is 6.45. The lowest BCUT2D eigenvalue weighted by atomic mass is 10.1. The first-order valence-electron chi connectivity index (χ1n) is 6.08. The summed E-state index contributed by atoms with van der Waals surface area (Å²) in [4.78, 5) is 3.35. The molecule has 0 saturated heterocycles. The fourth-order valence-corrected chi connectivity index (χ4v) is 2.10. The maximum Gasteiger partial charge on any atom is 0.124 e. The highest BCUT2D eigenvalue weighted by molar-refractivity contribution is 7.98. The van der Waals surface area contributed by atoms with E-state index in [1.165, 1.54) is 4.90 Å². The molecule has 1 aromatic rings. The quantitative estimate of drug-likeness (QED) is 0.805. The lowest BCUT2D eigenvalue weighted by Gasteiger charge is -2.32. The van der Waals surface area contributed by atoms with Gasteiger partial charge in [0, 0.05) is 22.5 Å². The van der Waals surface area contributed by atoms with Gasteiger partial charge in [0.05, 0.1) is 0 Å². The zero-order valence-electron chi connectivity index (χ0n) is 12.0. The van der Waals surface area contributed by atoms with Crippen molar-refractivity contribution in [3.05, 3.63) is 23.8 Å². The largest absolute Gasteiger partial charge is 0.491 e. The zero-order valence-corrected chi connectivity index (χ0v) is 12.8. The molecule has 0 aliphatic carbocycles. The van der Waals surface area contributed by atoms with E-state index in [1.54, 1.807) is 11.8 Å². The topological polar surface area (TPSA) is 38.5 Å². The highest BCUT2D eigenvalue weighted by atomic mass is 32.2. The number of likely N-dealkylation sites (N-methyl/N-ethyl adjacent to an activating group) is 1. The fourth-order valence-electron chi connectivity index (χ4n) is 1.46. The van der Waals surface area contributed by atoms with E-state index in [1.807, 2.05) is 12.1 Å². The van der Waals surface area contributed by atoms with Gasteiger partial charge in [-0.2, -0.15) is 0 Å². The minimum Gasteiger partial charge on any atom is -0.491 e. The van der Waals surface area contributed by atoms with Crippen LogP contribution in [0.15, 0.2) is 23.1 Å². The Labute approximate surface area is 115 Å². The summed E-state index contributed by atoms with van der Waals surface area (Å²) >= 11 is 1.70. The molecule has 1 aromatic carbocycles. The molecule has 3 nitrogen and oxygen atoms in total.